The number of hydrogen-bond donors (Lipinski definition) is 2. The Morgan fingerprint density at radius 3 is 2.32 bits per heavy atom. The average molecular weight is 508 g/mol. The van der Waals surface area contributed by atoms with Crippen molar-refractivity contribution in [1.82, 2.24) is 20.0 Å². The van der Waals surface area contributed by atoms with Crippen molar-refractivity contribution in [2.24, 2.45) is 0 Å². The molecule has 8 nitrogen and oxygen atoms in total. The lowest BCUT2D eigenvalue weighted by Gasteiger charge is -2.32. The smallest absolute Gasteiger partial charge is 0.411 e. The van der Waals surface area contributed by atoms with Crippen LogP contribution in [0.25, 0.3) is 11.1 Å². The Morgan fingerprint density at radius 2 is 1.57 bits per heavy atom. The Kier molecular flexibility index (Phi) is 10.2. The van der Waals surface area contributed by atoms with E-state index in [2.05, 4.69) is 20.4 Å². The van der Waals surface area contributed by atoms with Crippen molar-refractivity contribution in [3.8, 4) is 11.1 Å². The first-order chi connectivity index (χ1) is 18.1. The number of carbonyl (C=O) groups excluding carboxylic acids is 2. The normalized spacial score (nSPS) is 17.2. The van der Waals surface area contributed by atoms with E-state index in [1.165, 1.54) is 19.3 Å². The van der Waals surface area contributed by atoms with E-state index in [1.807, 2.05) is 61.6 Å². The van der Waals surface area contributed by atoms with E-state index in [9.17, 15) is 9.59 Å². The molecule has 2 saturated heterocycles. The molecule has 2 N–H and O–H groups in total. The van der Waals surface area contributed by atoms with Crippen molar-refractivity contribution in [3.05, 3.63) is 54.6 Å². The van der Waals surface area contributed by atoms with Crippen LogP contribution in [0, 0.1) is 0 Å². The molecule has 0 bridgehead atoms. The highest BCUT2D eigenvalue weighted by molar-refractivity contribution is 5.91. The number of amides is 3. The maximum Gasteiger partial charge on any atom is 0.411 e. The first-order valence-corrected chi connectivity index (χ1v) is 13.6. The quantitative estimate of drug-likeness (QED) is 0.523. The van der Waals surface area contributed by atoms with Crippen molar-refractivity contribution < 1.29 is 14.3 Å². The molecule has 200 valence electrons. The fourth-order valence-corrected chi connectivity index (χ4v) is 5.03. The second-order valence-electron chi connectivity index (χ2n) is 10.0. The molecule has 2 aliphatic rings. The lowest BCUT2D eigenvalue weighted by molar-refractivity contribution is 0.0572. The van der Waals surface area contributed by atoms with Gasteiger partial charge in [0.15, 0.2) is 0 Å². The summed E-state index contributed by atoms with van der Waals surface area (Å²) >= 11 is 0. The highest BCUT2D eigenvalue weighted by Crippen LogP contribution is 2.28. The fourth-order valence-electron chi connectivity index (χ4n) is 5.03. The molecule has 37 heavy (non-hydrogen) atoms. The standard InChI is InChI=1S/C29H41N5O3/c1-32(28(35)30-16-21-33-17-8-3-9-18-33)22-23-34-19-14-25(15-20-34)37-29(36)31-27-13-7-6-12-26(27)24-10-4-2-5-11-24/h2,4-7,10-13,25H,3,8-9,14-23H2,1H3,(H,30,35)(H,31,36). The number of ether oxygens (including phenoxy) is 1. The predicted octanol–water partition coefficient (Wildman–Crippen LogP) is 4.49. The zero-order chi connectivity index (χ0) is 25.9. The van der Waals surface area contributed by atoms with Gasteiger partial charge in [-0.1, -0.05) is 55.0 Å². The third kappa shape index (κ3) is 8.47. The van der Waals surface area contributed by atoms with Crippen LogP contribution in [0.2, 0.25) is 0 Å². The van der Waals surface area contributed by atoms with Gasteiger partial charge in [0.1, 0.15) is 6.10 Å². The Labute approximate surface area is 220 Å². The van der Waals surface area contributed by atoms with Gasteiger partial charge in [0.2, 0.25) is 0 Å². The number of carbonyl (C=O) groups is 2. The number of hydrogen-bond acceptors (Lipinski definition) is 5. The molecular formula is C29H41N5O3. The van der Waals surface area contributed by atoms with Gasteiger partial charge in [0.05, 0.1) is 5.69 Å². The minimum atomic E-state index is -0.414. The van der Waals surface area contributed by atoms with Gasteiger partial charge in [-0.05, 0) is 50.4 Å². The van der Waals surface area contributed by atoms with Crippen LogP contribution in [0.3, 0.4) is 0 Å². The summed E-state index contributed by atoms with van der Waals surface area (Å²) in [6.45, 7) is 7.12. The zero-order valence-electron chi connectivity index (χ0n) is 22.0. The molecule has 2 aromatic carbocycles. The number of nitrogens with one attached hydrogen (secondary N) is 2. The molecule has 0 saturated carbocycles. The Bertz CT molecular complexity index is 988. The second-order valence-corrected chi connectivity index (χ2v) is 10.0. The molecule has 2 aliphatic heterocycles. The Morgan fingerprint density at radius 1 is 0.892 bits per heavy atom. The molecule has 0 aromatic heterocycles. The van der Waals surface area contributed by atoms with Crippen LogP contribution < -0.4 is 10.6 Å². The van der Waals surface area contributed by atoms with Crippen LogP contribution in [-0.4, -0.2) is 92.3 Å². The first-order valence-electron chi connectivity index (χ1n) is 13.6. The van der Waals surface area contributed by atoms with E-state index in [0.717, 1.165) is 68.9 Å². The summed E-state index contributed by atoms with van der Waals surface area (Å²) in [5, 5.41) is 5.97. The van der Waals surface area contributed by atoms with Crippen molar-refractivity contribution in [3.63, 3.8) is 0 Å². The van der Waals surface area contributed by atoms with Crippen LogP contribution in [0.15, 0.2) is 54.6 Å². The molecule has 0 atom stereocenters. The van der Waals surface area contributed by atoms with Crippen molar-refractivity contribution in [2.75, 3.05) is 64.7 Å². The van der Waals surface area contributed by atoms with E-state index in [4.69, 9.17) is 4.74 Å². The SMILES string of the molecule is CN(CCN1CCC(OC(=O)Nc2ccccc2-c2ccccc2)CC1)C(=O)NCCN1CCCCC1. The summed E-state index contributed by atoms with van der Waals surface area (Å²) in [6.07, 6.45) is 4.92. The predicted molar refractivity (Wildman–Crippen MR) is 148 cm³/mol. The van der Waals surface area contributed by atoms with Gasteiger partial charge >= 0.3 is 12.1 Å². The topological polar surface area (TPSA) is 77.1 Å². The van der Waals surface area contributed by atoms with Gasteiger partial charge in [0, 0.05) is 51.9 Å². The minimum absolute atomic E-state index is 0.0114. The van der Waals surface area contributed by atoms with Crippen LogP contribution in [0.5, 0.6) is 0 Å². The maximum atomic E-state index is 12.6. The number of urea groups is 1. The summed E-state index contributed by atoms with van der Waals surface area (Å²) in [5.74, 6) is 0. The largest absolute Gasteiger partial charge is 0.446 e. The average Bonchev–Trinajstić information content (AvgIpc) is 2.94. The number of likely N-dealkylation sites (N-methyl/N-ethyl adjacent to an activating group) is 1. The fraction of sp³-hybridized carbons (Fsp3) is 0.517. The number of para-hydroxylation sites is 1. The van der Waals surface area contributed by atoms with Gasteiger partial charge in [-0.3, -0.25) is 5.32 Å². The van der Waals surface area contributed by atoms with Crippen molar-refractivity contribution >= 4 is 17.8 Å². The lowest BCUT2D eigenvalue weighted by atomic mass is 10.0. The molecule has 2 aromatic rings. The molecule has 0 radical (unpaired) electrons. The number of rotatable bonds is 9. The first kappa shape index (κ1) is 26.9. The molecular weight excluding hydrogens is 466 g/mol. The summed E-state index contributed by atoms with van der Waals surface area (Å²) in [7, 11) is 1.85. The molecule has 0 aliphatic carbocycles. The molecule has 3 amide bonds. The third-order valence-electron chi connectivity index (χ3n) is 7.31. The molecule has 2 fully saturated rings. The summed E-state index contributed by atoms with van der Waals surface area (Å²) < 4.78 is 5.74. The van der Waals surface area contributed by atoms with Gasteiger partial charge < -0.3 is 24.8 Å². The summed E-state index contributed by atoms with van der Waals surface area (Å²) in [5.41, 5.74) is 2.76. The van der Waals surface area contributed by atoms with Gasteiger partial charge in [-0.15, -0.1) is 0 Å². The number of piperidine rings is 2. The van der Waals surface area contributed by atoms with E-state index in [0.29, 0.717) is 13.1 Å². The number of likely N-dealkylation sites (tertiary alicyclic amines) is 2. The molecule has 4 rings (SSSR count). The van der Waals surface area contributed by atoms with E-state index < -0.39 is 6.09 Å². The van der Waals surface area contributed by atoms with Crippen LogP contribution in [0.4, 0.5) is 15.3 Å². The summed E-state index contributed by atoms with van der Waals surface area (Å²) in [4.78, 5) is 31.6. The van der Waals surface area contributed by atoms with Crippen molar-refractivity contribution in [1.29, 1.82) is 0 Å². The Hall–Kier alpha value is -3.10. The van der Waals surface area contributed by atoms with Crippen LogP contribution in [-0.2, 0) is 4.74 Å². The monoisotopic (exact) mass is 507 g/mol. The van der Waals surface area contributed by atoms with Gasteiger partial charge in [-0.2, -0.15) is 0 Å². The third-order valence-corrected chi connectivity index (χ3v) is 7.31. The van der Waals surface area contributed by atoms with Crippen molar-refractivity contribution in [2.45, 2.75) is 38.2 Å². The van der Waals surface area contributed by atoms with E-state index >= 15 is 0 Å². The highest BCUT2D eigenvalue weighted by Gasteiger charge is 2.23. The molecule has 8 heteroatoms. The van der Waals surface area contributed by atoms with Gasteiger partial charge in [-0.25, -0.2) is 9.59 Å². The number of benzene rings is 2. The molecule has 0 unspecified atom stereocenters. The highest BCUT2D eigenvalue weighted by atomic mass is 16.6. The maximum absolute atomic E-state index is 12.6. The number of nitrogens with zero attached hydrogens (tertiary/aromatic N) is 3. The molecule has 2 heterocycles. The van der Waals surface area contributed by atoms with Gasteiger partial charge in [0.25, 0.3) is 0 Å². The number of anilines is 1. The van der Waals surface area contributed by atoms with Crippen LogP contribution in [0.1, 0.15) is 32.1 Å². The summed E-state index contributed by atoms with van der Waals surface area (Å²) in [6, 6.07) is 17.8. The molecule has 0 spiro atoms. The van der Waals surface area contributed by atoms with E-state index in [1.54, 1.807) is 4.90 Å². The zero-order valence-corrected chi connectivity index (χ0v) is 22.0. The second kappa shape index (κ2) is 14.0. The van der Waals surface area contributed by atoms with E-state index in [-0.39, 0.29) is 12.1 Å². The minimum Gasteiger partial charge on any atom is -0.446 e. The Balaban J connectivity index is 1.13. The lowest BCUT2D eigenvalue weighted by Crippen LogP contribution is -2.46. The van der Waals surface area contributed by atoms with Crippen LogP contribution >= 0.6 is 0 Å².